The molecule has 0 bridgehead atoms. The number of hydrogen-bond donors (Lipinski definition) is 0. The minimum atomic E-state index is 0.176. The largest absolute Gasteiger partial charge is 0.494 e. The molecule has 0 saturated carbocycles. The lowest BCUT2D eigenvalue weighted by Gasteiger charge is -2.15. The molecule has 2 aromatic carbocycles. The highest BCUT2D eigenvalue weighted by atomic mass is 16.5. The molecule has 5 heteroatoms. The summed E-state index contributed by atoms with van der Waals surface area (Å²) < 4.78 is 8.30. The van der Waals surface area contributed by atoms with Crippen LogP contribution in [0, 0.1) is 0 Å². The first-order valence-electron chi connectivity index (χ1n) is 12.1. The molecule has 2 atom stereocenters. The van der Waals surface area contributed by atoms with Crippen LogP contribution in [0.3, 0.4) is 0 Å². The number of unbranched alkanes of at least 4 members (excludes halogenated alkanes) is 1. The van der Waals surface area contributed by atoms with Crippen molar-refractivity contribution in [2.24, 2.45) is 0 Å². The molecule has 1 saturated heterocycles. The lowest BCUT2D eigenvalue weighted by Crippen LogP contribution is -2.24. The highest BCUT2D eigenvalue weighted by Crippen LogP contribution is 2.30. The second-order valence-corrected chi connectivity index (χ2v) is 8.88. The van der Waals surface area contributed by atoms with E-state index in [-0.39, 0.29) is 11.8 Å². The van der Waals surface area contributed by atoms with E-state index in [4.69, 9.17) is 9.72 Å². The van der Waals surface area contributed by atoms with Gasteiger partial charge >= 0.3 is 0 Å². The van der Waals surface area contributed by atoms with Gasteiger partial charge in [-0.2, -0.15) is 0 Å². The van der Waals surface area contributed by atoms with E-state index in [1.807, 2.05) is 17.9 Å². The zero-order valence-corrected chi connectivity index (χ0v) is 19.6. The number of carbonyl (C=O) groups excluding carboxylic acids is 1. The van der Waals surface area contributed by atoms with Crippen LogP contribution in [0.15, 0.2) is 48.5 Å². The third-order valence-corrected chi connectivity index (χ3v) is 6.75. The number of likely N-dealkylation sites (tertiary alicyclic amines) is 1. The second kappa shape index (κ2) is 10.2. The van der Waals surface area contributed by atoms with Crippen LogP contribution >= 0.6 is 0 Å². The lowest BCUT2D eigenvalue weighted by atomic mass is 9.99. The number of fused-ring (bicyclic) bond motifs is 1. The SMILES string of the molecule is CCC(C)c1ccc(OCCCCn2c(C3CC(=O)N(CC)C3)nc3ccccc32)cc1. The number of aryl methyl sites for hydroxylation is 1. The molecule has 2 heterocycles. The van der Waals surface area contributed by atoms with Crippen molar-refractivity contribution in [3.63, 3.8) is 0 Å². The Kier molecular flexibility index (Phi) is 7.13. The van der Waals surface area contributed by atoms with Crippen molar-refractivity contribution >= 4 is 16.9 Å². The van der Waals surface area contributed by atoms with Crippen LogP contribution in [0.1, 0.15) is 69.7 Å². The maximum absolute atomic E-state index is 12.3. The van der Waals surface area contributed by atoms with E-state index in [0.29, 0.717) is 18.9 Å². The number of hydrogen-bond acceptors (Lipinski definition) is 3. The van der Waals surface area contributed by atoms with E-state index in [9.17, 15) is 4.79 Å². The molecule has 0 radical (unpaired) electrons. The van der Waals surface area contributed by atoms with Gasteiger partial charge in [-0.3, -0.25) is 4.79 Å². The molecule has 1 aromatic heterocycles. The Morgan fingerprint density at radius 3 is 2.59 bits per heavy atom. The minimum Gasteiger partial charge on any atom is -0.494 e. The van der Waals surface area contributed by atoms with Gasteiger partial charge in [-0.25, -0.2) is 4.98 Å². The molecule has 3 aromatic rings. The van der Waals surface area contributed by atoms with Gasteiger partial charge in [-0.1, -0.05) is 38.1 Å². The van der Waals surface area contributed by atoms with Gasteiger partial charge in [0.05, 0.1) is 17.6 Å². The van der Waals surface area contributed by atoms with Gasteiger partial charge in [0.15, 0.2) is 0 Å². The van der Waals surface area contributed by atoms with Crippen molar-refractivity contribution in [2.45, 2.75) is 64.8 Å². The zero-order valence-electron chi connectivity index (χ0n) is 19.6. The maximum Gasteiger partial charge on any atom is 0.223 e. The number of amides is 1. The molecular formula is C27H35N3O2. The fourth-order valence-electron chi connectivity index (χ4n) is 4.58. The summed E-state index contributed by atoms with van der Waals surface area (Å²) in [5.41, 5.74) is 3.54. The number of para-hydroxylation sites is 2. The first-order chi connectivity index (χ1) is 15.6. The average molecular weight is 434 g/mol. The van der Waals surface area contributed by atoms with Gasteiger partial charge in [-0.05, 0) is 61.9 Å². The summed E-state index contributed by atoms with van der Waals surface area (Å²) in [6.07, 6.45) is 3.70. The average Bonchev–Trinajstić information content (AvgIpc) is 3.38. The van der Waals surface area contributed by atoms with Crippen LogP contribution in [-0.4, -0.2) is 40.1 Å². The van der Waals surface area contributed by atoms with Gasteiger partial charge < -0.3 is 14.2 Å². The summed E-state index contributed by atoms with van der Waals surface area (Å²) in [5.74, 6) is 2.99. The molecule has 1 aliphatic heterocycles. The Hall–Kier alpha value is -2.82. The molecule has 32 heavy (non-hydrogen) atoms. The van der Waals surface area contributed by atoms with E-state index in [0.717, 1.165) is 61.5 Å². The molecule has 1 amide bonds. The fourth-order valence-corrected chi connectivity index (χ4v) is 4.58. The molecular weight excluding hydrogens is 398 g/mol. The molecule has 2 unspecified atom stereocenters. The van der Waals surface area contributed by atoms with Gasteiger partial charge in [0, 0.05) is 32.0 Å². The third-order valence-electron chi connectivity index (χ3n) is 6.75. The Balaban J connectivity index is 1.36. The van der Waals surface area contributed by atoms with Crippen LogP contribution in [0.2, 0.25) is 0 Å². The summed E-state index contributed by atoms with van der Waals surface area (Å²) in [4.78, 5) is 19.2. The number of aromatic nitrogens is 2. The molecule has 0 spiro atoms. The molecule has 170 valence electrons. The van der Waals surface area contributed by atoms with E-state index in [2.05, 4.69) is 60.9 Å². The van der Waals surface area contributed by atoms with E-state index in [1.54, 1.807) is 0 Å². The molecule has 5 nitrogen and oxygen atoms in total. The van der Waals surface area contributed by atoms with Crippen molar-refractivity contribution in [3.8, 4) is 5.75 Å². The van der Waals surface area contributed by atoms with Crippen LogP contribution in [0.4, 0.5) is 0 Å². The highest BCUT2D eigenvalue weighted by Gasteiger charge is 2.32. The molecule has 1 aliphatic rings. The topological polar surface area (TPSA) is 47.4 Å². The lowest BCUT2D eigenvalue weighted by molar-refractivity contribution is -0.127. The fraction of sp³-hybridized carbons (Fsp3) is 0.481. The van der Waals surface area contributed by atoms with E-state index in [1.165, 1.54) is 5.56 Å². The van der Waals surface area contributed by atoms with Crippen molar-refractivity contribution < 1.29 is 9.53 Å². The Morgan fingerprint density at radius 1 is 1.09 bits per heavy atom. The van der Waals surface area contributed by atoms with Crippen LogP contribution in [-0.2, 0) is 11.3 Å². The summed E-state index contributed by atoms with van der Waals surface area (Å²) in [5, 5.41) is 0. The van der Waals surface area contributed by atoms with Gasteiger partial charge in [0.25, 0.3) is 0 Å². The molecule has 0 N–H and O–H groups in total. The maximum atomic E-state index is 12.3. The van der Waals surface area contributed by atoms with Gasteiger partial charge in [0.2, 0.25) is 5.91 Å². The summed E-state index contributed by atoms with van der Waals surface area (Å²) in [6.45, 7) is 9.65. The Bertz CT molecular complexity index is 1040. The second-order valence-electron chi connectivity index (χ2n) is 8.88. The quantitative estimate of drug-likeness (QED) is 0.383. The summed E-state index contributed by atoms with van der Waals surface area (Å²) in [6, 6.07) is 16.8. The third kappa shape index (κ3) is 4.82. The summed E-state index contributed by atoms with van der Waals surface area (Å²) in [7, 11) is 0. The minimum absolute atomic E-state index is 0.176. The predicted molar refractivity (Wildman–Crippen MR) is 129 cm³/mol. The molecule has 4 rings (SSSR count). The van der Waals surface area contributed by atoms with Gasteiger partial charge in [-0.15, -0.1) is 0 Å². The van der Waals surface area contributed by atoms with Crippen molar-refractivity contribution in [1.29, 1.82) is 0 Å². The van der Waals surface area contributed by atoms with Crippen LogP contribution in [0.5, 0.6) is 5.75 Å². The number of likely N-dealkylation sites (N-methyl/N-ethyl adjacent to an activating group) is 1. The molecule has 0 aliphatic carbocycles. The van der Waals surface area contributed by atoms with E-state index < -0.39 is 0 Å². The number of benzene rings is 2. The number of imidazole rings is 1. The zero-order chi connectivity index (χ0) is 22.5. The molecule has 1 fully saturated rings. The highest BCUT2D eigenvalue weighted by molar-refractivity contribution is 5.80. The number of rotatable bonds is 10. The van der Waals surface area contributed by atoms with Crippen molar-refractivity contribution in [1.82, 2.24) is 14.5 Å². The smallest absolute Gasteiger partial charge is 0.223 e. The number of carbonyl (C=O) groups is 1. The predicted octanol–water partition coefficient (Wildman–Crippen LogP) is 5.74. The van der Waals surface area contributed by atoms with Crippen molar-refractivity contribution in [3.05, 3.63) is 59.9 Å². The Morgan fingerprint density at radius 2 is 1.88 bits per heavy atom. The normalized spacial score (nSPS) is 17.3. The Labute approximate surface area is 191 Å². The summed E-state index contributed by atoms with van der Waals surface area (Å²) >= 11 is 0. The van der Waals surface area contributed by atoms with Crippen LogP contribution < -0.4 is 4.74 Å². The number of nitrogens with zero attached hydrogens (tertiary/aromatic N) is 3. The first-order valence-corrected chi connectivity index (χ1v) is 12.1. The number of ether oxygens (including phenoxy) is 1. The standard InChI is InChI=1S/C27H35N3O2/c1-4-20(3)21-12-14-23(15-13-21)32-17-9-8-16-30-25-11-7-6-10-24(25)28-27(30)22-18-26(31)29(5-2)19-22/h6-7,10-15,20,22H,4-5,8-9,16-19H2,1-3H3. The van der Waals surface area contributed by atoms with Crippen LogP contribution in [0.25, 0.3) is 11.0 Å². The van der Waals surface area contributed by atoms with Gasteiger partial charge in [0.1, 0.15) is 11.6 Å². The first kappa shape index (κ1) is 22.4. The van der Waals surface area contributed by atoms with E-state index >= 15 is 0 Å². The monoisotopic (exact) mass is 433 g/mol. The van der Waals surface area contributed by atoms with Crippen molar-refractivity contribution in [2.75, 3.05) is 19.7 Å².